The van der Waals surface area contributed by atoms with Crippen LogP contribution in [0.4, 0.5) is 0 Å². The van der Waals surface area contributed by atoms with Crippen molar-refractivity contribution in [3.63, 3.8) is 0 Å². The van der Waals surface area contributed by atoms with Crippen LogP contribution in [-0.4, -0.2) is 70.1 Å². The molecule has 0 spiro atoms. The van der Waals surface area contributed by atoms with Crippen LogP contribution >= 0.6 is 0 Å². The van der Waals surface area contributed by atoms with Gasteiger partial charge in [-0.25, -0.2) is 17.9 Å². The van der Waals surface area contributed by atoms with E-state index < -0.39 is 10.0 Å². The van der Waals surface area contributed by atoms with Crippen molar-refractivity contribution in [1.82, 2.24) is 23.8 Å². The molecule has 1 aliphatic rings. The Morgan fingerprint density at radius 1 is 0.886 bits per heavy atom. The summed E-state index contributed by atoms with van der Waals surface area (Å²) in [6, 6.07) is 17.5. The molecule has 178 valence electrons. The van der Waals surface area contributed by atoms with Crippen LogP contribution in [0.25, 0.3) is 16.9 Å². The first-order chi connectivity index (χ1) is 16.9. The van der Waals surface area contributed by atoms with Gasteiger partial charge in [0.2, 0.25) is 10.0 Å². The van der Waals surface area contributed by atoms with E-state index in [0.29, 0.717) is 16.8 Å². The van der Waals surface area contributed by atoms with E-state index in [1.807, 2.05) is 36.4 Å². The molecule has 0 radical (unpaired) electrons. The summed E-state index contributed by atoms with van der Waals surface area (Å²) >= 11 is 0. The van der Waals surface area contributed by atoms with Crippen LogP contribution in [0, 0.1) is 0 Å². The second-order valence-corrected chi connectivity index (χ2v) is 10.2. The molecule has 4 aromatic rings. The zero-order valence-corrected chi connectivity index (χ0v) is 19.9. The Bertz CT molecular complexity index is 1510. The van der Waals surface area contributed by atoms with Crippen LogP contribution in [0.3, 0.4) is 0 Å². The Kier molecular flexibility index (Phi) is 5.91. The van der Waals surface area contributed by atoms with Crippen LogP contribution in [0.15, 0.2) is 78.0 Å². The monoisotopic (exact) mass is 489 g/mol. The molecule has 0 bridgehead atoms. The molecule has 0 unspecified atom stereocenters. The van der Waals surface area contributed by atoms with Crippen molar-refractivity contribution in [2.75, 3.05) is 26.2 Å². The number of carbonyl (C=O) groups excluding carboxylic acids is 2. The Labute approximate surface area is 202 Å². The zero-order valence-electron chi connectivity index (χ0n) is 19.0. The Morgan fingerprint density at radius 2 is 1.57 bits per heavy atom. The Morgan fingerprint density at radius 3 is 2.23 bits per heavy atom. The lowest BCUT2D eigenvalue weighted by molar-refractivity contribution is 0.0699. The first-order valence-electron chi connectivity index (χ1n) is 11.1. The number of nitrogens with zero attached hydrogens (tertiary/aromatic N) is 5. The highest BCUT2D eigenvalue weighted by Crippen LogP contribution is 2.23. The van der Waals surface area contributed by atoms with E-state index in [2.05, 4.69) is 10.1 Å². The van der Waals surface area contributed by atoms with Crippen LogP contribution in [0.5, 0.6) is 0 Å². The average Bonchev–Trinajstić information content (AvgIpc) is 3.33. The second-order valence-electron chi connectivity index (χ2n) is 8.27. The van der Waals surface area contributed by atoms with E-state index in [1.165, 1.54) is 41.7 Å². The number of Topliss-reactive ketones (excluding diaryl/α,β-unsaturated/α-hetero) is 1. The Hall–Kier alpha value is -3.89. The highest BCUT2D eigenvalue weighted by Gasteiger charge is 2.31. The highest BCUT2D eigenvalue weighted by molar-refractivity contribution is 7.89. The number of aromatic nitrogens is 3. The van der Waals surface area contributed by atoms with Crippen molar-refractivity contribution < 1.29 is 18.0 Å². The fourth-order valence-corrected chi connectivity index (χ4v) is 5.60. The summed E-state index contributed by atoms with van der Waals surface area (Å²) in [5, 5.41) is 4.40. The molecule has 1 amide bonds. The van der Waals surface area contributed by atoms with Crippen molar-refractivity contribution in [3.05, 3.63) is 84.2 Å². The smallest absolute Gasteiger partial charge is 0.259 e. The number of fused-ring (bicyclic) bond motifs is 1. The summed E-state index contributed by atoms with van der Waals surface area (Å²) in [4.78, 5) is 30.9. The van der Waals surface area contributed by atoms with Gasteiger partial charge in [-0.2, -0.15) is 9.40 Å². The number of ketones is 1. The maximum absolute atomic E-state index is 13.3. The number of benzene rings is 2. The molecule has 1 aliphatic heterocycles. The molecule has 0 N–H and O–H groups in total. The van der Waals surface area contributed by atoms with Crippen molar-refractivity contribution in [2.45, 2.75) is 11.8 Å². The molecule has 0 saturated carbocycles. The standard InChI is InChI=1S/C25H23N5O4S/c1-18(31)19-7-9-21(10-8-19)35(33,34)29-15-13-28(14-16-29)25(32)22-17-27-30-23(11-12-26-24(22)30)20-5-3-2-4-6-20/h2-12,17H,13-16H2,1H3. The molecule has 0 atom stereocenters. The zero-order chi connectivity index (χ0) is 24.6. The first kappa shape index (κ1) is 22.9. The van der Waals surface area contributed by atoms with E-state index in [9.17, 15) is 18.0 Å². The van der Waals surface area contributed by atoms with Crippen LogP contribution in [-0.2, 0) is 10.0 Å². The van der Waals surface area contributed by atoms with Gasteiger partial charge in [0.05, 0.1) is 16.8 Å². The summed E-state index contributed by atoms with van der Waals surface area (Å²) in [6.45, 7) is 2.27. The quantitative estimate of drug-likeness (QED) is 0.399. The number of carbonyl (C=O) groups is 2. The van der Waals surface area contributed by atoms with Gasteiger partial charge >= 0.3 is 0 Å². The van der Waals surface area contributed by atoms with Crippen molar-refractivity contribution in [2.24, 2.45) is 0 Å². The summed E-state index contributed by atoms with van der Waals surface area (Å²) in [7, 11) is -3.72. The highest BCUT2D eigenvalue weighted by atomic mass is 32.2. The number of rotatable bonds is 5. The van der Waals surface area contributed by atoms with Gasteiger partial charge in [0.25, 0.3) is 5.91 Å². The van der Waals surface area contributed by atoms with Gasteiger partial charge in [0.15, 0.2) is 11.4 Å². The van der Waals surface area contributed by atoms with Gasteiger partial charge in [0.1, 0.15) is 5.56 Å². The molecule has 10 heteroatoms. The molecule has 3 heterocycles. The van der Waals surface area contributed by atoms with E-state index in [1.54, 1.807) is 15.6 Å². The van der Waals surface area contributed by atoms with E-state index in [4.69, 9.17) is 0 Å². The van der Waals surface area contributed by atoms with Crippen molar-refractivity contribution in [1.29, 1.82) is 0 Å². The SMILES string of the molecule is CC(=O)c1ccc(S(=O)(=O)N2CCN(C(=O)c3cnn4c(-c5ccccc5)ccnc34)CC2)cc1. The van der Waals surface area contributed by atoms with Gasteiger partial charge in [-0.05, 0) is 25.1 Å². The number of sulfonamides is 1. The third-order valence-corrected chi connectivity index (χ3v) is 8.04. The third kappa shape index (κ3) is 4.22. The number of hydrogen-bond donors (Lipinski definition) is 0. The maximum Gasteiger partial charge on any atom is 0.259 e. The molecule has 2 aromatic carbocycles. The lowest BCUT2D eigenvalue weighted by Crippen LogP contribution is -2.50. The largest absolute Gasteiger partial charge is 0.336 e. The summed E-state index contributed by atoms with van der Waals surface area (Å²) < 4.78 is 29.1. The number of amides is 1. The molecular formula is C25H23N5O4S. The summed E-state index contributed by atoms with van der Waals surface area (Å²) in [5.41, 5.74) is 3.06. The van der Waals surface area contributed by atoms with E-state index in [-0.39, 0.29) is 42.8 Å². The molecule has 1 fully saturated rings. The van der Waals surface area contributed by atoms with Crippen molar-refractivity contribution in [3.8, 4) is 11.3 Å². The molecule has 9 nitrogen and oxygen atoms in total. The van der Waals surface area contributed by atoms with Crippen LogP contribution < -0.4 is 0 Å². The predicted octanol–water partition coefficient (Wildman–Crippen LogP) is 2.75. The fraction of sp³-hybridized carbons (Fsp3) is 0.200. The topological polar surface area (TPSA) is 105 Å². The molecular weight excluding hydrogens is 466 g/mol. The third-order valence-electron chi connectivity index (χ3n) is 6.13. The fourth-order valence-electron chi connectivity index (χ4n) is 4.18. The summed E-state index contributed by atoms with van der Waals surface area (Å²) in [6.07, 6.45) is 3.16. The van der Waals surface area contributed by atoms with Gasteiger partial charge in [-0.3, -0.25) is 9.59 Å². The molecule has 1 saturated heterocycles. The second kappa shape index (κ2) is 9.05. The number of hydrogen-bond acceptors (Lipinski definition) is 6. The van der Waals surface area contributed by atoms with Crippen molar-refractivity contribution >= 4 is 27.4 Å². The van der Waals surface area contributed by atoms with Gasteiger partial charge in [-0.15, -0.1) is 0 Å². The molecule has 0 aliphatic carbocycles. The molecule has 2 aromatic heterocycles. The average molecular weight is 490 g/mol. The minimum Gasteiger partial charge on any atom is -0.336 e. The first-order valence-corrected chi connectivity index (χ1v) is 12.6. The molecule has 5 rings (SSSR count). The predicted molar refractivity (Wildman–Crippen MR) is 130 cm³/mol. The Balaban J connectivity index is 1.33. The van der Waals surface area contributed by atoms with E-state index >= 15 is 0 Å². The lowest BCUT2D eigenvalue weighted by Gasteiger charge is -2.33. The van der Waals surface area contributed by atoms with Gasteiger partial charge in [0, 0.05) is 43.5 Å². The summed E-state index contributed by atoms with van der Waals surface area (Å²) in [5.74, 6) is -0.361. The van der Waals surface area contributed by atoms with Crippen LogP contribution in [0.1, 0.15) is 27.6 Å². The van der Waals surface area contributed by atoms with E-state index in [0.717, 1.165) is 11.3 Å². The minimum absolute atomic E-state index is 0.126. The maximum atomic E-state index is 13.3. The van der Waals surface area contributed by atoms with Crippen LogP contribution in [0.2, 0.25) is 0 Å². The minimum atomic E-state index is -3.72. The van der Waals surface area contributed by atoms with Gasteiger partial charge in [-0.1, -0.05) is 42.5 Å². The van der Waals surface area contributed by atoms with Gasteiger partial charge < -0.3 is 4.90 Å². The normalized spacial score (nSPS) is 14.8. The lowest BCUT2D eigenvalue weighted by atomic mass is 10.1. The molecule has 35 heavy (non-hydrogen) atoms. The number of piperazine rings is 1.